The van der Waals surface area contributed by atoms with Crippen LogP contribution < -0.4 is 9.62 Å². The van der Waals surface area contributed by atoms with E-state index in [4.69, 9.17) is 11.6 Å². The normalized spacial score (nSPS) is 12.5. The number of hydrogen-bond donors (Lipinski definition) is 1. The highest BCUT2D eigenvalue weighted by Gasteiger charge is 2.34. The number of rotatable bonds is 9. The molecular weight excluding hydrogens is 541 g/mol. The van der Waals surface area contributed by atoms with Crippen LogP contribution in [0, 0.1) is 12.7 Å². The van der Waals surface area contributed by atoms with Gasteiger partial charge in [0, 0.05) is 12.1 Å². The fraction of sp³-hybridized carbons (Fsp3) is 0.310. The average Bonchev–Trinajstić information content (AvgIpc) is 2.86. The minimum Gasteiger partial charge on any atom is -0.350 e. The van der Waals surface area contributed by atoms with E-state index >= 15 is 0 Å². The van der Waals surface area contributed by atoms with Crippen molar-refractivity contribution in [2.75, 3.05) is 10.8 Å². The predicted molar refractivity (Wildman–Crippen MR) is 151 cm³/mol. The third kappa shape index (κ3) is 7.80. The van der Waals surface area contributed by atoms with Gasteiger partial charge in [0.1, 0.15) is 18.4 Å². The van der Waals surface area contributed by atoms with Gasteiger partial charge in [-0.3, -0.25) is 13.9 Å². The molecule has 10 heteroatoms. The van der Waals surface area contributed by atoms with Crippen LogP contribution in [-0.2, 0) is 26.2 Å². The highest BCUT2D eigenvalue weighted by atomic mass is 35.5. The van der Waals surface area contributed by atoms with Gasteiger partial charge in [-0.1, -0.05) is 53.6 Å². The van der Waals surface area contributed by atoms with Crippen LogP contribution >= 0.6 is 11.6 Å². The Bertz CT molecular complexity index is 1420. The van der Waals surface area contributed by atoms with Crippen LogP contribution in [0.15, 0.2) is 77.7 Å². The lowest BCUT2D eigenvalue weighted by Crippen LogP contribution is -2.54. The molecule has 7 nitrogen and oxygen atoms in total. The summed E-state index contributed by atoms with van der Waals surface area (Å²) < 4.78 is 42.1. The van der Waals surface area contributed by atoms with Crippen molar-refractivity contribution in [3.63, 3.8) is 0 Å². The lowest BCUT2D eigenvalue weighted by Gasteiger charge is -2.33. The molecule has 1 N–H and O–H groups in total. The van der Waals surface area contributed by atoms with Gasteiger partial charge in [0.15, 0.2) is 0 Å². The number of para-hydroxylation sites is 1. The number of benzene rings is 3. The maximum absolute atomic E-state index is 13.9. The molecule has 0 aliphatic carbocycles. The van der Waals surface area contributed by atoms with Gasteiger partial charge in [0.25, 0.3) is 10.0 Å². The molecule has 3 aromatic rings. The number of aryl methyl sites for hydroxylation is 1. The topological polar surface area (TPSA) is 86.8 Å². The Labute approximate surface area is 234 Å². The van der Waals surface area contributed by atoms with Gasteiger partial charge in [-0.05, 0) is 76.6 Å². The molecule has 1 atom stereocenters. The van der Waals surface area contributed by atoms with Crippen LogP contribution in [0.1, 0.15) is 38.8 Å². The molecule has 0 bridgehead atoms. The van der Waals surface area contributed by atoms with E-state index in [1.807, 2.05) is 27.7 Å². The quantitative estimate of drug-likeness (QED) is 0.376. The number of halogens is 2. The molecule has 0 spiro atoms. The van der Waals surface area contributed by atoms with Crippen molar-refractivity contribution in [1.82, 2.24) is 10.2 Å². The number of carbonyl (C=O) groups is 2. The fourth-order valence-corrected chi connectivity index (χ4v) is 5.57. The number of hydrogen-bond acceptors (Lipinski definition) is 4. The number of anilines is 1. The third-order valence-electron chi connectivity index (χ3n) is 5.94. The molecule has 2 amide bonds. The average molecular weight is 574 g/mol. The van der Waals surface area contributed by atoms with Crippen molar-refractivity contribution in [1.29, 1.82) is 0 Å². The number of nitrogens with one attached hydrogen (secondary N) is 1. The largest absolute Gasteiger partial charge is 0.350 e. The first-order valence-electron chi connectivity index (χ1n) is 12.4. The molecule has 39 heavy (non-hydrogen) atoms. The molecule has 0 heterocycles. The van der Waals surface area contributed by atoms with Crippen LogP contribution in [0.5, 0.6) is 0 Å². The van der Waals surface area contributed by atoms with Gasteiger partial charge in [0.2, 0.25) is 11.8 Å². The molecule has 0 aliphatic heterocycles. The minimum atomic E-state index is -4.22. The Morgan fingerprint density at radius 3 is 2.13 bits per heavy atom. The zero-order valence-corrected chi connectivity index (χ0v) is 24.2. The molecule has 0 radical (unpaired) electrons. The van der Waals surface area contributed by atoms with E-state index < -0.39 is 45.8 Å². The Balaban J connectivity index is 2.04. The summed E-state index contributed by atoms with van der Waals surface area (Å²) in [5.41, 5.74) is 1.01. The van der Waals surface area contributed by atoms with E-state index in [1.165, 1.54) is 53.4 Å². The molecule has 208 valence electrons. The van der Waals surface area contributed by atoms with Crippen molar-refractivity contribution >= 4 is 39.1 Å². The molecule has 0 fully saturated rings. The van der Waals surface area contributed by atoms with Gasteiger partial charge < -0.3 is 10.2 Å². The second-order valence-corrected chi connectivity index (χ2v) is 12.6. The molecular formula is C29H33ClFN3O4S. The summed E-state index contributed by atoms with van der Waals surface area (Å²) in [6.07, 6.45) is 0. The maximum atomic E-state index is 13.9. The smallest absolute Gasteiger partial charge is 0.264 e. The highest BCUT2D eigenvalue weighted by Crippen LogP contribution is 2.31. The van der Waals surface area contributed by atoms with E-state index in [9.17, 15) is 22.4 Å². The Morgan fingerprint density at radius 2 is 1.56 bits per heavy atom. The van der Waals surface area contributed by atoms with E-state index in [0.717, 1.165) is 9.87 Å². The van der Waals surface area contributed by atoms with E-state index in [2.05, 4.69) is 5.32 Å². The van der Waals surface area contributed by atoms with E-state index in [-0.39, 0.29) is 22.2 Å². The highest BCUT2D eigenvalue weighted by molar-refractivity contribution is 7.92. The first kappa shape index (κ1) is 30.1. The molecule has 0 aliphatic rings. The number of sulfonamides is 1. The van der Waals surface area contributed by atoms with Gasteiger partial charge in [-0.25, -0.2) is 12.8 Å². The Hall–Kier alpha value is -3.43. The van der Waals surface area contributed by atoms with Gasteiger partial charge in [0.05, 0.1) is 15.6 Å². The first-order chi connectivity index (χ1) is 18.2. The van der Waals surface area contributed by atoms with Gasteiger partial charge >= 0.3 is 0 Å². The van der Waals surface area contributed by atoms with Crippen molar-refractivity contribution in [2.45, 2.75) is 57.6 Å². The summed E-state index contributed by atoms with van der Waals surface area (Å²) in [5, 5.41) is 3.00. The summed E-state index contributed by atoms with van der Waals surface area (Å²) in [5.74, 6) is -1.49. The summed E-state index contributed by atoms with van der Waals surface area (Å²) in [4.78, 5) is 28.2. The van der Waals surface area contributed by atoms with Crippen LogP contribution in [0.3, 0.4) is 0 Å². The van der Waals surface area contributed by atoms with Crippen molar-refractivity contribution in [2.24, 2.45) is 0 Å². The summed E-state index contributed by atoms with van der Waals surface area (Å²) in [6.45, 7) is 8.19. The second-order valence-electron chi connectivity index (χ2n) is 10.3. The van der Waals surface area contributed by atoms with E-state index in [0.29, 0.717) is 5.56 Å². The maximum Gasteiger partial charge on any atom is 0.264 e. The number of amides is 2. The lowest BCUT2D eigenvalue weighted by molar-refractivity contribution is -0.140. The molecule has 3 rings (SSSR count). The third-order valence-corrected chi connectivity index (χ3v) is 8.03. The zero-order chi connectivity index (χ0) is 29.0. The van der Waals surface area contributed by atoms with Crippen LogP contribution in [0.25, 0.3) is 0 Å². The Morgan fingerprint density at radius 1 is 0.974 bits per heavy atom. The van der Waals surface area contributed by atoms with Crippen LogP contribution in [-0.4, -0.2) is 43.3 Å². The first-order valence-corrected chi connectivity index (χ1v) is 14.2. The van der Waals surface area contributed by atoms with Crippen LogP contribution in [0.2, 0.25) is 5.02 Å². The van der Waals surface area contributed by atoms with Gasteiger partial charge in [-0.15, -0.1) is 0 Å². The van der Waals surface area contributed by atoms with Crippen molar-refractivity contribution < 1.29 is 22.4 Å². The monoisotopic (exact) mass is 573 g/mol. The number of nitrogens with zero attached hydrogens (tertiary/aromatic N) is 2. The number of carbonyl (C=O) groups excluding carboxylic acids is 2. The van der Waals surface area contributed by atoms with Gasteiger partial charge in [-0.2, -0.15) is 0 Å². The summed E-state index contributed by atoms with van der Waals surface area (Å²) >= 11 is 6.40. The SMILES string of the molecule is Cc1ccc(S(=O)(=O)N(CC(=O)N(Cc2ccc(F)cc2)C(C)C(=O)NC(C)(C)C)c2ccccc2Cl)cc1. The second kappa shape index (κ2) is 12.2. The summed E-state index contributed by atoms with van der Waals surface area (Å²) in [6, 6.07) is 17.2. The molecule has 3 aromatic carbocycles. The van der Waals surface area contributed by atoms with Crippen molar-refractivity contribution in [3.8, 4) is 0 Å². The van der Waals surface area contributed by atoms with Crippen molar-refractivity contribution in [3.05, 3.63) is 94.8 Å². The Kier molecular flexibility index (Phi) is 9.40. The molecule has 0 aromatic heterocycles. The minimum absolute atomic E-state index is 0.00979. The predicted octanol–water partition coefficient (Wildman–Crippen LogP) is 5.31. The molecule has 0 saturated carbocycles. The van der Waals surface area contributed by atoms with Crippen LogP contribution in [0.4, 0.5) is 10.1 Å². The lowest BCUT2D eigenvalue weighted by atomic mass is 10.1. The molecule has 1 unspecified atom stereocenters. The van der Waals surface area contributed by atoms with E-state index in [1.54, 1.807) is 31.2 Å². The standard InChI is InChI=1S/C29H33ClFN3O4S/c1-20-10-16-24(17-11-20)39(37,38)34(26-9-7-6-8-25(26)30)19-27(35)33(18-22-12-14-23(31)15-13-22)21(2)28(36)32-29(3,4)5/h6-17,21H,18-19H2,1-5H3,(H,32,36). The summed E-state index contributed by atoms with van der Waals surface area (Å²) in [7, 11) is -4.22. The fourth-order valence-electron chi connectivity index (χ4n) is 3.85. The zero-order valence-electron chi connectivity index (χ0n) is 22.6. The molecule has 0 saturated heterocycles.